The highest BCUT2D eigenvalue weighted by molar-refractivity contribution is 7.21. The highest BCUT2D eigenvalue weighted by Gasteiger charge is 2.16. The summed E-state index contributed by atoms with van der Waals surface area (Å²) < 4.78 is 12.1. The van der Waals surface area contributed by atoms with Crippen LogP contribution in [0.1, 0.15) is 15.9 Å². The Morgan fingerprint density at radius 2 is 1.74 bits per heavy atom. The second-order valence-electron chi connectivity index (χ2n) is 6.06. The summed E-state index contributed by atoms with van der Waals surface area (Å²) in [6.45, 7) is 1.88. The minimum atomic E-state index is -0.404. The smallest absolute Gasteiger partial charge is 0.343 e. The molecule has 0 bridgehead atoms. The van der Waals surface area contributed by atoms with E-state index in [0.717, 1.165) is 26.4 Å². The van der Waals surface area contributed by atoms with Crippen LogP contribution in [-0.4, -0.2) is 18.1 Å². The van der Waals surface area contributed by atoms with Crippen molar-refractivity contribution >= 4 is 27.5 Å². The van der Waals surface area contributed by atoms with E-state index in [1.54, 1.807) is 30.6 Å². The van der Waals surface area contributed by atoms with Gasteiger partial charge in [-0.25, -0.2) is 9.78 Å². The lowest BCUT2D eigenvalue weighted by molar-refractivity contribution is 0.0729. The minimum absolute atomic E-state index is 0.385. The number of aromatic nitrogens is 1. The van der Waals surface area contributed by atoms with Crippen LogP contribution in [0.5, 0.6) is 11.5 Å². The van der Waals surface area contributed by atoms with E-state index in [1.165, 1.54) is 0 Å². The molecule has 4 nitrogen and oxygen atoms in total. The third-order valence-corrected chi connectivity index (χ3v) is 5.36. The number of methoxy groups -OCH3 is 1. The van der Waals surface area contributed by atoms with Crippen molar-refractivity contribution in [3.8, 4) is 22.1 Å². The van der Waals surface area contributed by atoms with Crippen molar-refractivity contribution in [1.82, 2.24) is 4.98 Å². The second-order valence-corrected chi connectivity index (χ2v) is 7.09. The van der Waals surface area contributed by atoms with Gasteiger partial charge in [0.05, 0.1) is 22.9 Å². The molecule has 0 amide bonds. The first-order valence-corrected chi connectivity index (χ1v) is 9.29. The van der Waals surface area contributed by atoms with Gasteiger partial charge in [0.2, 0.25) is 0 Å². The Bertz CT molecular complexity index is 1100. The molecule has 134 valence electrons. The van der Waals surface area contributed by atoms with Crippen LogP contribution in [0.25, 0.3) is 20.8 Å². The Kier molecular flexibility index (Phi) is 4.60. The summed E-state index contributed by atoms with van der Waals surface area (Å²) in [6.07, 6.45) is 0. The summed E-state index contributed by atoms with van der Waals surface area (Å²) in [5.74, 6) is 0.475. The Labute approximate surface area is 161 Å². The van der Waals surface area contributed by atoms with Crippen molar-refractivity contribution in [3.05, 3.63) is 77.9 Å². The van der Waals surface area contributed by atoms with Crippen LogP contribution in [-0.2, 0) is 0 Å². The van der Waals surface area contributed by atoms with E-state index in [0.29, 0.717) is 17.1 Å². The largest absolute Gasteiger partial charge is 0.493 e. The zero-order valence-electron chi connectivity index (χ0n) is 14.9. The molecular weight excluding hydrogens is 358 g/mol. The average molecular weight is 375 g/mol. The lowest BCUT2D eigenvalue weighted by atomic mass is 10.1. The number of nitrogens with zero attached hydrogens (tertiary/aromatic N) is 1. The number of fused-ring (bicyclic) bond motifs is 1. The normalized spacial score (nSPS) is 10.7. The SMILES string of the molecule is COc1cc(-c2nc3ccccc3s2)ccc1OC(=O)c1ccccc1C. The molecule has 0 saturated heterocycles. The Hall–Kier alpha value is -3.18. The van der Waals surface area contributed by atoms with E-state index in [9.17, 15) is 4.79 Å². The Morgan fingerprint density at radius 3 is 2.52 bits per heavy atom. The summed E-state index contributed by atoms with van der Waals surface area (Å²) in [7, 11) is 1.56. The van der Waals surface area contributed by atoms with Gasteiger partial charge in [-0.05, 0) is 48.9 Å². The molecule has 0 unspecified atom stereocenters. The van der Waals surface area contributed by atoms with E-state index in [1.807, 2.05) is 61.5 Å². The first-order valence-electron chi connectivity index (χ1n) is 8.47. The fourth-order valence-corrected chi connectivity index (χ4v) is 3.80. The third-order valence-electron chi connectivity index (χ3n) is 4.27. The zero-order chi connectivity index (χ0) is 18.8. The van der Waals surface area contributed by atoms with Gasteiger partial charge < -0.3 is 9.47 Å². The maximum Gasteiger partial charge on any atom is 0.343 e. The number of aryl methyl sites for hydroxylation is 1. The van der Waals surface area contributed by atoms with Crippen molar-refractivity contribution < 1.29 is 14.3 Å². The number of carbonyl (C=O) groups excluding carboxylic acids is 1. The van der Waals surface area contributed by atoms with E-state index < -0.39 is 5.97 Å². The molecule has 0 radical (unpaired) electrons. The lowest BCUT2D eigenvalue weighted by Gasteiger charge is -2.11. The highest BCUT2D eigenvalue weighted by atomic mass is 32.1. The molecular formula is C22H17NO3S. The molecule has 4 rings (SSSR count). The monoisotopic (exact) mass is 375 g/mol. The first kappa shape index (κ1) is 17.2. The van der Waals surface area contributed by atoms with Crippen LogP contribution in [0.15, 0.2) is 66.7 Å². The van der Waals surface area contributed by atoms with Crippen LogP contribution < -0.4 is 9.47 Å². The van der Waals surface area contributed by atoms with E-state index >= 15 is 0 Å². The number of benzene rings is 3. The standard InChI is InChI=1S/C22H17NO3S/c1-14-7-3-4-8-16(14)22(24)26-18-12-11-15(13-19(18)25-2)21-23-17-9-5-6-10-20(17)27-21/h3-13H,1-2H3. The van der Waals surface area contributed by atoms with Crippen LogP contribution >= 0.6 is 11.3 Å². The maximum absolute atomic E-state index is 12.5. The number of hydrogen-bond donors (Lipinski definition) is 0. The molecule has 0 fully saturated rings. The lowest BCUT2D eigenvalue weighted by Crippen LogP contribution is -2.10. The predicted octanol–water partition coefficient (Wildman–Crippen LogP) is 5.50. The van der Waals surface area contributed by atoms with Crippen molar-refractivity contribution in [2.24, 2.45) is 0 Å². The summed E-state index contributed by atoms with van der Waals surface area (Å²) in [4.78, 5) is 17.2. The number of ether oxygens (including phenoxy) is 2. The fraction of sp³-hybridized carbons (Fsp3) is 0.0909. The quantitative estimate of drug-likeness (QED) is 0.349. The highest BCUT2D eigenvalue weighted by Crippen LogP contribution is 2.36. The molecule has 0 atom stereocenters. The molecule has 0 aliphatic carbocycles. The summed E-state index contributed by atoms with van der Waals surface area (Å²) in [5.41, 5.74) is 3.29. The maximum atomic E-state index is 12.5. The van der Waals surface area contributed by atoms with E-state index in [4.69, 9.17) is 9.47 Å². The van der Waals surface area contributed by atoms with Gasteiger partial charge in [0, 0.05) is 5.56 Å². The molecule has 27 heavy (non-hydrogen) atoms. The van der Waals surface area contributed by atoms with Crippen molar-refractivity contribution in [2.75, 3.05) is 7.11 Å². The Balaban J connectivity index is 1.65. The van der Waals surface area contributed by atoms with E-state index in [-0.39, 0.29) is 0 Å². The number of para-hydroxylation sites is 1. The molecule has 5 heteroatoms. The van der Waals surface area contributed by atoms with Crippen LogP contribution in [0.3, 0.4) is 0 Å². The van der Waals surface area contributed by atoms with Gasteiger partial charge in [-0.3, -0.25) is 0 Å². The molecule has 1 heterocycles. The topological polar surface area (TPSA) is 48.4 Å². The molecule has 0 aliphatic heterocycles. The van der Waals surface area contributed by atoms with Crippen LogP contribution in [0, 0.1) is 6.92 Å². The molecule has 0 spiro atoms. The first-order chi connectivity index (χ1) is 13.2. The second kappa shape index (κ2) is 7.21. The van der Waals surface area contributed by atoms with Crippen molar-refractivity contribution in [3.63, 3.8) is 0 Å². The number of hydrogen-bond acceptors (Lipinski definition) is 5. The number of rotatable bonds is 4. The fourth-order valence-electron chi connectivity index (χ4n) is 2.84. The van der Waals surface area contributed by atoms with Crippen molar-refractivity contribution in [2.45, 2.75) is 6.92 Å². The van der Waals surface area contributed by atoms with Gasteiger partial charge >= 0.3 is 5.97 Å². The summed E-state index contributed by atoms with van der Waals surface area (Å²) >= 11 is 1.61. The van der Waals surface area contributed by atoms with Crippen molar-refractivity contribution in [1.29, 1.82) is 0 Å². The van der Waals surface area contributed by atoms with Gasteiger partial charge in [0.1, 0.15) is 5.01 Å². The number of thiazole rings is 1. The number of carbonyl (C=O) groups is 1. The summed E-state index contributed by atoms with van der Waals surface area (Å²) in [6, 6.07) is 20.8. The summed E-state index contributed by atoms with van der Waals surface area (Å²) in [5, 5.41) is 0.895. The van der Waals surface area contributed by atoms with Gasteiger partial charge in [-0.15, -0.1) is 11.3 Å². The van der Waals surface area contributed by atoms with Crippen LogP contribution in [0.2, 0.25) is 0 Å². The molecule has 3 aromatic carbocycles. The molecule has 1 aromatic heterocycles. The molecule has 0 aliphatic rings. The molecule has 0 saturated carbocycles. The molecule has 4 aromatic rings. The predicted molar refractivity (Wildman–Crippen MR) is 108 cm³/mol. The molecule has 0 N–H and O–H groups in total. The van der Waals surface area contributed by atoms with Gasteiger partial charge in [-0.2, -0.15) is 0 Å². The average Bonchev–Trinajstić information content (AvgIpc) is 3.12. The van der Waals surface area contributed by atoms with Gasteiger partial charge in [0.25, 0.3) is 0 Å². The number of esters is 1. The third kappa shape index (κ3) is 3.41. The van der Waals surface area contributed by atoms with Gasteiger partial charge in [0.15, 0.2) is 11.5 Å². The van der Waals surface area contributed by atoms with Gasteiger partial charge in [-0.1, -0.05) is 30.3 Å². The van der Waals surface area contributed by atoms with E-state index in [2.05, 4.69) is 4.98 Å². The van der Waals surface area contributed by atoms with Crippen LogP contribution in [0.4, 0.5) is 0 Å². The minimum Gasteiger partial charge on any atom is -0.493 e. The Morgan fingerprint density at radius 1 is 0.963 bits per heavy atom. The zero-order valence-corrected chi connectivity index (χ0v) is 15.7.